The van der Waals surface area contributed by atoms with E-state index < -0.39 is 43.3 Å². The Balaban J connectivity index is 1.96. The number of carbonyl (C=O) groups is 1. The third-order valence-electron chi connectivity index (χ3n) is 4.82. The van der Waals surface area contributed by atoms with Gasteiger partial charge < -0.3 is 5.11 Å². The average Bonchev–Trinajstić information content (AvgIpc) is 3.25. The van der Waals surface area contributed by atoms with E-state index in [0.29, 0.717) is 6.07 Å². The average molecular weight is 491 g/mol. The molecule has 0 radical (unpaired) electrons. The van der Waals surface area contributed by atoms with E-state index in [0.717, 1.165) is 35.0 Å². The van der Waals surface area contributed by atoms with Crippen molar-refractivity contribution in [3.8, 4) is 16.9 Å². The van der Waals surface area contributed by atoms with Crippen LogP contribution in [0.2, 0.25) is 0 Å². The Kier molecular flexibility index (Phi) is 5.69. The molecule has 0 spiro atoms. The van der Waals surface area contributed by atoms with E-state index in [1.54, 1.807) is 0 Å². The zero-order valence-electron chi connectivity index (χ0n) is 16.9. The Morgan fingerprint density at radius 2 is 1.62 bits per heavy atom. The first-order chi connectivity index (χ1) is 16.0. The van der Waals surface area contributed by atoms with Crippen molar-refractivity contribution in [1.29, 1.82) is 0 Å². The van der Waals surface area contributed by atoms with Crippen molar-refractivity contribution in [3.05, 3.63) is 89.7 Å². The predicted octanol–water partition coefficient (Wildman–Crippen LogP) is 4.62. The largest absolute Gasteiger partial charge is 0.478 e. The van der Waals surface area contributed by atoms with Crippen molar-refractivity contribution in [2.75, 3.05) is 0 Å². The van der Waals surface area contributed by atoms with Crippen LogP contribution in [0.15, 0.2) is 82.7 Å². The molecule has 0 atom stereocenters. The van der Waals surface area contributed by atoms with Crippen LogP contribution >= 0.6 is 0 Å². The number of hydrogen-bond donors (Lipinski definition) is 1. The number of carboxylic acids is 1. The molecule has 174 valence electrons. The molecule has 3 aromatic carbocycles. The monoisotopic (exact) mass is 491 g/mol. The number of hydrogen-bond acceptors (Lipinski definition) is 5. The van der Waals surface area contributed by atoms with Gasteiger partial charge in [0.25, 0.3) is 0 Å². The molecule has 1 N–H and O–H groups in total. The molecular formula is C22H13F4N3O4S. The van der Waals surface area contributed by atoms with E-state index in [9.17, 15) is 35.9 Å². The summed E-state index contributed by atoms with van der Waals surface area (Å²) < 4.78 is 80.7. The summed E-state index contributed by atoms with van der Waals surface area (Å²) in [5, 5.41) is 16.1. The van der Waals surface area contributed by atoms with Gasteiger partial charge in [-0.05, 0) is 60.7 Å². The lowest BCUT2D eigenvalue weighted by Gasteiger charge is -2.11. The standard InChI is InChI=1S/C22H13F4N3O4S/c23-16-9-7-13(8-10-16)19-20(27-28-29(19)17-5-1-3-14(11-17)21(30)31)34(32,33)18-6-2-4-15(12-18)22(24,25)26/h1-12H,(H,30,31). The summed E-state index contributed by atoms with van der Waals surface area (Å²) in [5.41, 5.74) is -1.21. The molecule has 7 nitrogen and oxygen atoms in total. The maximum absolute atomic E-state index is 13.5. The fourth-order valence-corrected chi connectivity index (χ4v) is 4.57. The second-order valence-corrected chi connectivity index (χ2v) is 8.91. The zero-order chi connectivity index (χ0) is 24.7. The molecule has 4 aromatic rings. The van der Waals surface area contributed by atoms with Crippen molar-refractivity contribution >= 4 is 15.8 Å². The molecule has 0 aliphatic heterocycles. The minimum absolute atomic E-state index is 0.122. The predicted molar refractivity (Wildman–Crippen MR) is 111 cm³/mol. The van der Waals surface area contributed by atoms with Crippen LogP contribution in [-0.4, -0.2) is 34.5 Å². The summed E-state index contributed by atoms with van der Waals surface area (Å²) >= 11 is 0. The summed E-state index contributed by atoms with van der Waals surface area (Å²) in [6.07, 6.45) is -4.78. The lowest BCUT2D eigenvalue weighted by atomic mass is 10.1. The molecule has 0 amide bonds. The van der Waals surface area contributed by atoms with Gasteiger partial charge in [-0.1, -0.05) is 17.3 Å². The molecule has 0 bridgehead atoms. The maximum atomic E-state index is 13.5. The molecule has 0 aliphatic carbocycles. The number of nitrogens with zero attached hydrogens (tertiary/aromatic N) is 3. The quantitative estimate of drug-likeness (QED) is 0.409. The normalized spacial score (nSPS) is 12.0. The molecule has 12 heteroatoms. The molecular weight excluding hydrogens is 478 g/mol. The number of aromatic carboxylic acids is 1. The van der Waals surface area contributed by atoms with Crippen LogP contribution in [0.5, 0.6) is 0 Å². The van der Waals surface area contributed by atoms with Gasteiger partial charge >= 0.3 is 12.1 Å². The first-order valence-electron chi connectivity index (χ1n) is 9.46. The minimum atomic E-state index is -4.78. The number of sulfone groups is 1. The minimum Gasteiger partial charge on any atom is -0.478 e. The fraction of sp³-hybridized carbons (Fsp3) is 0.0455. The first-order valence-corrected chi connectivity index (χ1v) is 10.9. The molecule has 1 heterocycles. The van der Waals surface area contributed by atoms with E-state index in [2.05, 4.69) is 10.3 Å². The summed E-state index contributed by atoms with van der Waals surface area (Å²) in [6.45, 7) is 0. The van der Waals surface area contributed by atoms with Crippen LogP contribution in [0.25, 0.3) is 16.9 Å². The molecule has 34 heavy (non-hydrogen) atoms. The van der Waals surface area contributed by atoms with E-state index in [1.807, 2.05) is 0 Å². The Morgan fingerprint density at radius 3 is 2.26 bits per heavy atom. The second kappa shape index (κ2) is 8.37. The van der Waals surface area contributed by atoms with Crippen LogP contribution in [0.1, 0.15) is 15.9 Å². The van der Waals surface area contributed by atoms with Gasteiger partial charge in [0.2, 0.25) is 14.9 Å². The van der Waals surface area contributed by atoms with Gasteiger partial charge in [0.05, 0.1) is 21.7 Å². The van der Waals surface area contributed by atoms with Gasteiger partial charge in [0.15, 0.2) is 0 Å². The number of aromatic nitrogens is 3. The maximum Gasteiger partial charge on any atom is 0.416 e. The number of carboxylic acid groups (broad SMARTS) is 1. The highest BCUT2D eigenvalue weighted by Gasteiger charge is 2.34. The molecule has 0 saturated heterocycles. The van der Waals surface area contributed by atoms with Crippen LogP contribution in [-0.2, 0) is 16.0 Å². The van der Waals surface area contributed by atoms with Gasteiger partial charge in [0.1, 0.15) is 11.5 Å². The highest BCUT2D eigenvalue weighted by Crippen LogP contribution is 2.35. The van der Waals surface area contributed by atoms with E-state index in [-0.39, 0.29) is 22.5 Å². The molecule has 4 rings (SSSR count). The van der Waals surface area contributed by atoms with Gasteiger partial charge in [-0.2, -0.15) is 13.2 Å². The van der Waals surface area contributed by atoms with Crippen molar-refractivity contribution in [2.45, 2.75) is 16.1 Å². The third kappa shape index (κ3) is 4.27. The molecule has 1 aromatic heterocycles. The van der Waals surface area contributed by atoms with Crippen molar-refractivity contribution in [2.24, 2.45) is 0 Å². The van der Waals surface area contributed by atoms with Gasteiger partial charge in [-0.25, -0.2) is 22.3 Å². The Bertz CT molecular complexity index is 1500. The summed E-state index contributed by atoms with van der Waals surface area (Å²) in [6, 6.07) is 13.1. The van der Waals surface area contributed by atoms with Gasteiger partial charge in [-0.3, -0.25) is 0 Å². The molecule has 0 unspecified atom stereocenters. The zero-order valence-corrected chi connectivity index (χ0v) is 17.7. The lowest BCUT2D eigenvalue weighted by Crippen LogP contribution is -2.09. The highest BCUT2D eigenvalue weighted by atomic mass is 32.2. The Hall–Kier alpha value is -4.06. The second-order valence-electron chi connectivity index (χ2n) is 7.05. The summed E-state index contributed by atoms with van der Waals surface area (Å²) in [7, 11) is -4.63. The number of halogens is 4. The SMILES string of the molecule is O=C(O)c1cccc(-n2nnc(S(=O)(=O)c3cccc(C(F)(F)F)c3)c2-c2ccc(F)cc2)c1. The smallest absolute Gasteiger partial charge is 0.416 e. The molecule has 0 fully saturated rings. The Labute approximate surface area is 189 Å². The number of benzene rings is 3. The van der Waals surface area contributed by atoms with Gasteiger partial charge in [-0.15, -0.1) is 5.10 Å². The van der Waals surface area contributed by atoms with Crippen LogP contribution in [0.4, 0.5) is 17.6 Å². The topological polar surface area (TPSA) is 102 Å². The molecule has 0 aliphatic rings. The van der Waals surface area contributed by atoms with Gasteiger partial charge in [0, 0.05) is 5.56 Å². The third-order valence-corrected chi connectivity index (χ3v) is 6.48. The van der Waals surface area contributed by atoms with Crippen molar-refractivity contribution in [1.82, 2.24) is 15.0 Å². The number of alkyl halides is 3. The van der Waals surface area contributed by atoms with Crippen LogP contribution in [0.3, 0.4) is 0 Å². The molecule has 0 saturated carbocycles. The summed E-state index contributed by atoms with van der Waals surface area (Å²) in [5.74, 6) is -1.86. The Morgan fingerprint density at radius 1 is 0.941 bits per heavy atom. The van der Waals surface area contributed by atoms with Crippen LogP contribution < -0.4 is 0 Å². The number of rotatable bonds is 5. The van der Waals surface area contributed by atoms with Crippen molar-refractivity contribution in [3.63, 3.8) is 0 Å². The fourth-order valence-electron chi connectivity index (χ4n) is 3.21. The van der Waals surface area contributed by atoms with E-state index >= 15 is 0 Å². The van der Waals surface area contributed by atoms with E-state index in [1.165, 1.54) is 36.4 Å². The van der Waals surface area contributed by atoms with Crippen molar-refractivity contribution < 1.29 is 35.9 Å². The lowest BCUT2D eigenvalue weighted by molar-refractivity contribution is -0.137. The first kappa shape index (κ1) is 23.1. The summed E-state index contributed by atoms with van der Waals surface area (Å²) in [4.78, 5) is 10.7. The van der Waals surface area contributed by atoms with E-state index in [4.69, 9.17) is 0 Å². The highest BCUT2D eigenvalue weighted by molar-refractivity contribution is 7.91. The van der Waals surface area contributed by atoms with Crippen LogP contribution in [0, 0.1) is 5.82 Å².